The average molecular weight is 344 g/mol. The maximum absolute atomic E-state index is 13.0. The van der Waals surface area contributed by atoms with Gasteiger partial charge in [0.05, 0.1) is 12.2 Å². The van der Waals surface area contributed by atoms with E-state index in [1.165, 1.54) is 12.1 Å². The zero-order valence-electron chi connectivity index (χ0n) is 13.1. The number of ether oxygens (including phenoxy) is 3. The molecule has 0 atom stereocenters. The number of benzene rings is 1. The highest BCUT2D eigenvalue weighted by atomic mass is 19.3. The van der Waals surface area contributed by atoms with E-state index >= 15 is 0 Å². The van der Waals surface area contributed by atoms with Crippen LogP contribution in [-0.4, -0.2) is 24.0 Å². The van der Waals surface area contributed by atoms with Gasteiger partial charge in [-0.1, -0.05) is 18.2 Å². The summed E-state index contributed by atoms with van der Waals surface area (Å²) in [7, 11) is 0. The Morgan fingerprint density at radius 3 is 2.84 bits per heavy atom. The van der Waals surface area contributed by atoms with E-state index in [9.17, 15) is 8.78 Å². The summed E-state index contributed by atoms with van der Waals surface area (Å²) in [5.74, 6) is 0.475. The van der Waals surface area contributed by atoms with Crippen molar-refractivity contribution in [1.82, 2.24) is 4.98 Å². The lowest BCUT2D eigenvalue weighted by molar-refractivity contribution is -0.286. The van der Waals surface area contributed by atoms with Crippen LogP contribution in [0.5, 0.6) is 17.4 Å². The maximum Gasteiger partial charge on any atom is 0.586 e. The van der Waals surface area contributed by atoms with Crippen molar-refractivity contribution in [2.24, 2.45) is 4.99 Å². The van der Waals surface area contributed by atoms with Crippen molar-refractivity contribution >= 4 is 11.8 Å². The molecule has 1 aromatic carbocycles. The zero-order valence-corrected chi connectivity index (χ0v) is 13.1. The second-order valence-corrected chi connectivity index (χ2v) is 5.58. The molecule has 3 heterocycles. The molecule has 0 saturated heterocycles. The van der Waals surface area contributed by atoms with Crippen molar-refractivity contribution < 1.29 is 23.0 Å². The van der Waals surface area contributed by atoms with Gasteiger partial charge in [-0.25, -0.2) is 4.98 Å². The van der Waals surface area contributed by atoms with E-state index in [-0.39, 0.29) is 18.1 Å². The number of rotatable bonds is 4. The SMILES string of the molecule is FC1(F)Oc2ccc(COc3cccc(C4=CCN=CC4)n3)cc2O1. The van der Waals surface area contributed by atoms with Gasteiger partial charge >= 0.3 is 6.29 Å². The molecular formula is C18H14F2N2O3. The van der Waals surface area contributed by atoms with Crippen LogP contribution in [0, 0.1) is 0 Å². The van der Waals surface area contributed by atoms with Crippen LogP contribution in [0.3, 0.4) is 0 Å². The molecule has 0 aliphatic carbocycles. The van der Waals surface area contributed by atoms with Gasteiger partial charge in [0.1, 0.15) is 6.61 Å². The molecule has 25 heavy (non-hydrogen) atoms. The van der Waals surface area contributed by atoms with E-state index < -0.39 is 6.29 Å². The summed E-state index contributed by atoms with van der Waals surface area (Å²) in [5, 5.41) is 0. The Balaban J connectivity index is 1.45. The largest absolute Gasteiger partial charge is 0.586 e. The number of alkyl halides is 2. The Kier molecular flexibility index (Phi) is 3.83. The third kappa shape index (κ3) is 3.45. The van der Waals surface area contributed by atoms with Crippen molar-refractivity contribution in [3.63, 3.8) is 0 Å². The first-order chi connectivity index (χ1) is 12.1. The summed E-state index contributed by atoms with van der Waals surface area (Å²) in [5.41, 5.74) is 2.62. The first-order valence-corrected chi connectivity index (χ1v) is 7.75. The lowest BCUT2D eigenvalue weighted by atomic mass is 10.1. The molecule has 0 spiro atoms. The number of dihydropyridines is 1. The maximum atomic E-state index is 13.0. The molecule has 2 aliphatic heterocycles. The van der Waals surface area contributed by atoms with Crippen molar-refractivity contribution in [2.45, 2.75) is 19.3 Å². The van der Waals surface area contributed by atoms with Gasteiger partial charge < -0.3 is 14.2 Å². The Labute approximate surface area is 142 Å². The van der Waals surface area contributed by atoms with E-state index in [1.54, 1.807) is 12.1 Å². The number of nitrogens with zero attached hydrogens (tertiary/aromatic N) is 2. The van der Waals surface area contributed by atoms with Gasteiger partial charge in [-0.15, -0.1) is 8.78 Å². The highest BCUT2D eigenvalue weighted by Crippen LogP contribution is 2.41. The first kappa shape index (κ1) is 15.6. The predicted molar refractivity (Wildman–Crippen MR) is 87.2 cm³/mol. The van der Waals surface area contributed by atoms with Crippen LogP contribution in [0.15, 0.2) is 47.5 Å². The number of pyridine rings is 1. The standard InChI is InChI=1S/C18H14F2N2O3/c19-18(20)24-15-5-4-12(10-16(15)25-18)11-23-17-3-1-2-14(22-17)13-6-8-21-9-7-13/h1-6,9-10H,7-8,11H2. The molecule has 128 valence electrons. The van der Waals surface area contributed by atoms with Crippen LogP contribution in [0.25, 0.3) is 5.57 Å². The molecule has 0 N–H and O–H groups in total. The second kappa shape index (κ2) is 6.16. The van der Waals surface area contributed by atoms with E-state index in [0.29, 0.717) is 18.0 Å². The summed E-state index contributed by atoms with van der Waals surface area (Å²) in [4.78, 5) is 8.63. The van der Waals surface area contributed by atoms with Crippen molar-refractivity contribution in [1.29, 1.82) is 0 Å². The number of halogens is 2. The van der Waals surface area contributed by atoms with Gasteiger partial charge in [-0.2, -0.15) is 0 Å². The van der Waals surface area contributed by atoms with Crippen LogP contribution in [0.4, 0.5) is 8.78 Å². The van der Waals surface area contributed by atoms with Crippen LogP contribution < -0.4 is 14.2 Å². The van der Waals surface area contributed by atoms with Crippen molar-refractivity contribution in [2.75, 3.05) is 6.54 Å². The van der Waals surface area contributed by atoms with Gasteiger partial charge in [0, 0.05) is 18.7 Å². The van der Waals surface area contributed by atoms with E-state index in [0.717, 1.165) is 17.7 Å². The number of allylic oxidation sites excluding steroid dienone is 1. The van der Waals surface area contributed by atoms with Crippen LogP contribution in [-0.2, 0) is 6.61 Å². The topological polar surface area (TPSA) is 52.9 Å². The Hall–Kier alpha value is -2.96. The number of fused-ring (bicyclic) bond motifs is 1. The Bertz CT molecular complexity index is 865. The fourth-order valence-corrected chi connectivity index (χ4v) is 2.61. The molecule has 0 fully saturated rings. The molecule has 5 nitrogen and oxygen atoms in total. The van der Waals surface area contributed by atoms with Gasteiger partial charge in [-0.3, -0.25) is 4.99 Å². The molecule has 1 aromatic heterocycles. The van der Waals surface area contributed by atoms with Crippen LogP contribution in [0.1, 0.15) is 17.7 Å². The summed E-state index contributed by atoms with van der Waals surface area (Å²) in [6.07, 6.45) is 1.03. The minimum absolute atomic E-state index is 0.000502. The fraction of sp³-hybridized carbons (Fsp3) is 0.222. The lowest BCUT2D eigenvalue weighted by Gasteiger charge is -2.10. The third-order valence-electron chi connectivity index (χ3n) is 3.79. The fourth-order valence-electron chi connectivity index (χ4n) is 2.61. The normalized spacial score (nSPS) is 17.3. The van der Waals surface area contributed by atoms with E-state index in [2.05, 4.69) is 19.5 Å². The minimum atomic E-state index is -3.62. The Morgan fingerprint density at radius 2 is 2.00 bits per heavy atom. The second-order valence-electron chi connectivity index (χ2n) is 5.58. The molecule has 0 amide bonds. The molecule has 0 unspecified atom stereocenters. The zero-order chi connectivity index (χ0) is 17.3. The Morgan fingerprint density at radius 1 is 1.12 bits per heavy atom. The van der Waals surface area contributed by atoms with Gasteiger partial charge in [0.25, 0.3) is 0 Å². The summed E-state index contributed by atoms with van der Waals surface area (Å²) >= 11 is 0. The molecule has 7 heteroatoms. The van der Waals surface area contributed by atoms with Gasteiger partial charge in [0.15, 0.2) is 11.5 Å². The number of hydrogen-bond donors (Lipinski definition) is 0. The molecule has 0 radical (unpaired) electrons. The van der Waals surface area contributed by atoms with E-state index in [4.69, 9.17) is 4.74 Å². The molecule has 2 aromatic rings. The number of aromatic nitrogens is 1. The molecule has 2 aliphatic rings. The highest BCUT2D eigenvalue weighted by molar-refractivity contribution is 5.80. The first-order valence-electron chi connectivity index (χ1n) is 7.75. The molecule has 0 bridgehead atoms. The van der Waals surface area contributed by atoms with Gasteiger partial charge in [0.2, 0.25) is 5.88 Å². The average Bonchev–Trinajstić information content (AvgIpc) is 2.94. The summed E-state index contributed by atoms with van der Waals surface area (Å²) in [6, 6.07) is 10.1. The summed E-state index contributed by atoms with van der Waals surface area (Å²) < 4.78 is 40.6. The quantitative estimate of drug-likeness (QED) is 0.846. The highest BCUT2D eigenvalue weighted by Gasteiger charge is 2.43. The van der Waals surface area contributed by atoms with Crippen LogP contribution >= 0.6 is 0 Å². The molecule has 4 rings (SSSR count). The minimum Gasteiger partial charge on any atom is -0.473 e. The lowest BCUT2D eigenvalue weighted by Crippen LogP contribution is -2.25. The number of hydrogen-bond acceptors (Lipinski definition) is 5. The smallest absolute Gasteiger partial charge is 0.473 e. The third-order valence-corrected chi connectivity index (χ3v) is 3.79. The van der Waals surface area contributed by atoms with Crippen molar-refractivity contribution in [3.05, 3.63) is 53.7 Å². The number of aliphatic imine (C=N–C) groups is 1. The summed E-state index contributed by atoms with van der Waals surface area (Å²) in [6.45, 7) is 0.836. The van der Waals surface area contributed by atoms with Crippen molar-refractivity contribution in [3.8, 4) is 17.4 Å². The van der Waals surface area contributed by atoms with Crippen LogP contribution in [0.2, 0.25) is 0 Å². The van der Waals surface area contributed by atoms with E-state index in [1.807, 2.05) is 24.4 Å². The molecular weight excluding hydrogens is 330 g/mol. The monoisotopic (exact) mass is 344 g/mol. The predicted octanol–water partition coefficient (Wildman–Crippen LogP) is 3.84. The molecule has 0 saturated carbocycles. The van der Waals surface area contributed by atoms with Gasteiger partial charge in [-0.05, 0) is 29.3 Å².